The second kappa shape index (κ2) is 9.76. The van der Waals surface area contributed by atoms with Crippen molar-refractivity contribution in [1.82, 2.24) is 4.90 Å². The van der Waals surface area contributed by atoms with Crippen LogP contribution in [-0.4, -0.2) is 42.6 Å². The molecule has 146 valence electrons. The van der Waals surface area contributed by atoms with E-state index < -0.39 is 0 Å². The summed E-state index contributed by atoms with van der Waals surface area (Å²) in [6.07, 6.45) is 7.60. The fourth-order valence-corrected chi connectivity index (χ4v) is 4.03. The molecule has 0 spiro atoms. The van der Waals surface area contributed by atoms with Gasteiger partial charge in [-0.3, -0.25) is 0 Å². The number of rotatable bonds is 8. The lowest BCUT2D eigenvalue weighted by Crippen LogP contribution is -2.38. The Morgan fingerprint density at radius 2 is 1.57 bits per heavy atom. The standard InChI is InChI=1S/C24H29N3O/c1-3-8-20(9-4-1)24(21-10-5-2-6-11-21)28-23-14-18-27(19-15-23)17-7-12-22-13-16-25-26-22/h1-6,8-11,16,23-24H,7,12-15,17-19H2. The predicted octanol–water partition coefficient (Wildman–Crippen LogP) is 4.87. The van der Waals surface area contributed by atoms with Crippen molar-refractivity contribution in [2.24, 2.45) is 10.2 Å². The van der Waals surface area contributed by atoms with E-state index in [4.69, 9.17) is 4.74 Å². The van der Waals surface area contributed by atoms with Gasteiger partial charge in [-0.2, -0.15) is 10.2 Å². The van der Waals surface area contributed by atoms with Gasteiger partial charge in [-0.15, -0.1) is 0 Å². The smallest absolute Gasteiger partial charge is 0.108 e. The van der Waals surface area contributed by atoms with E-state index in [9.17, 15) is 0 Å². The van der Waals surface area contributed by atoms with Gasteiger partial charge in [0.15, 0.2) is 0 Å². The Morgan fingerprint density at radius 1 is 0.929 bits per heavy atom. The van der Waals surface area contributed by atoms with E-state index in [1.807, 2.05) is 6.21 Å². The van der Waals surface area contributed by atoms with Gasteiger partial charge in [-0.1, -0.05) is 60.7 Å². The van der Waals surface area contributed by atoms with E-state index in [1.54, 1.807) is 0 Å². The summed E-state index contributed by atoms with van der Waals surface area (Å²) < 4.78 is 6.64. The Kier molecular flexibility index (Phi) is 6.64. The summed E-state index contributed by atoms with van der Waals surface area (Å²) in [6, 6.07) is 21.2. The number of benzene rings is 2. The van der Waals surface area contributed by atoms with Crippen LogP contribution in [0, 0.1) is 0 Å². The van der Waals surface area contributed by atoms with Crippen LogP contribution in [-0.2, 0) is 4.74 Å². The van der Waals surface area contributed by atoms with E-state index in [-0.39, 0.29) is 6.10 Å². The Hall–Kier alpha value is -2.30. The van der Waals surface area contributed by atoms with Crippen LogP contribution >= 0.6 is 0 Å². The van der Waals surface area contributed by atoms with Crippen LogP contribution in [0.15, 0.2) is 70.9 Å². The molecule has 2 aliphatic heterocycles. The molecule has 4 heteroatoms. The number of hydrogen-bond acceptors (Lipinski definition) is 4. The van der Waals surface area contributed by atoms with Crippen LogP contribution in [0.3, 0.4) is 0 Å². The first-order valence-corrected chi connectivity index (χ1v) is 10.4. The summed E-state index contributed by atoms with van der Waals surface area (Å²) in [5, 5.41) is 8.12. The van der Waals surface area contributed by atoms with Crippen LogP contribution in [0.2, 0.25) is 0 Å². The monoisotopic (exact) mass is 375 g/mol. The van der Waals surface area contributed by atoms with Crippen molar-refractivity contribution in [2.45, 2.75) is 44.3 Å². The summed E-state index contributed by atoms with van der Waals surface area (Å²) in [5.41, 5.74) is 3.69. The second-order valence-corrected chi connectivity index (χ2v) is 7.65. The highest BCUT2D eigenvalue weighted by Gasteiger charge is 2.24. The average Bonchev–Trinajstić information content (AvgIpc) is 3.28. The first-order valence-electron chi connectivity index (χ1n) is 10.4. The van der Waals surface area contributed by atoms with Crippen molar-refractivity contribution in [1.29, 1.82) is 0 Å². The Labute approximate surface area is 167 Å². The Bertz CT molecular complexity index is 741. The van der Waals surface area contributed by atoms with Gasteiger partial charge >= 0.3 is 0 Å². The molecule has 2 aliphatic rings. The van der Waals surface area contributed by atoms with Gasteiger partial charge in [-0.25, -0.2) is 0 Å². The lowest BCUT2D eigenvalue weighted by molar-refractivity contribution is -0.0269. The third-order valence-electron chi connectivity index (χ3n) is 5.62. The van der Waals surface area contributed by atoms with Crippen LogP contribution in [0.5, 0.6) is 0 Å². The molecule has 0 unspecified atom stereocenters. The maximum atomic E-state index is 6.64. The molecule has 0 atom stereocenters. The molecular formula is C24H29N3O. The van der Waals surface area contributed by atoms with Crippen molar-refractivity contribution < 1.29 is 4.74 Å². The minimum Gasteiger partial charge on any atom is -0.365 e. The Balaban J connectivity index is 1.29. The average molecular weight is 376 g/mol. The first kappa shape index (κ1) is 19.0. The highest BCUT2D eigenvalue weighted by molar-refractivity contribution is 5.98. The van der Waals surface area contributed by atoms with Gasteiger partial charge in [0.05, 0.1) is 6.10 Å². The highest BCUT2D eigenvalue weighted by Crippen LogP contribution is 2.30. The maximum Gasteiger partial charge on any atom is 0.108 e. The molecule has 2 aromatic carbocycles. The fourth-order valence-electron chi connectivity index (χ4n) is 4.03. The number of nitrogens with zero attached hydrogens (tertiary/aromatic N) is 3. The largest absolute Gasteiger partial charge is 0.365 e. The number of hydrogen-bond donors (Lipinski definition) is 0. The number of piperidine rings is 1. The molecular weight excluding hydrogens is 346 g/mol. The molecule has 0 N–H and O–H groups in total. The molecule has 0 saturated carbocycles. The lowest BCUT2D eigenvalue weighted by atomic mass is 10.00. The normalized spacial score (nSPS) is 18.0. The second-order valence-electron chi connectivity index (χ2n) is 7.65. The molecule has 0 bridgehead atoms. The SMILES string of the molecule is C1=NN=C(CCCN2CCC(OC(c3ccccc3)c3ccccc3)CC2)C1. The summed E-state index contributed by atoms with van der Waals surface area (Å²) in [6.45, 7) is 3.38. The molecule has 0 radical (unpaired) electrons. The van der Waals surface area contributed by atoms with Gasteiger partial charge in [0, 0.05) is 31.4 Å². The third kappa shape index (κ3) is 5.15. The topological polar surface area (TPSA) is 37.2 Å². The van der Waals surface area contributed by atoms with Crippen molar-refractivity contribution >= 4 is 11.9 Å². The molecule has 1 fully saturated rings. The summed E-state index contributed by atoms with van der Waals surface area (Å²) in [5.74, 6) is 0. The van der Waals surface area contributed by atoms with E-state index in [2.05, 4.69) is 75.8 Å². The van der Waals surface area contributed by atoms with Crippen molar-refractivity contribution in [3.05, 3.63) is 71.8 Å². The Morgan fingerprint density at radius 3 is 2.14 bits per heavy atom. The van der Waals surface area contributed by atoms with E-state index in [1.165, 1.54) is 23.3 Å². The zero-order chi connectivity index (χ0) is 19.0. The third-order valence-corrected chi connectivity index (χ3v) is 5.62. The fraction of sp³-hybridized carbons (Fsp3) is 0.417. The van der Waals surface area contributed by atoms with Crippen LogP contribution in [0.25, 0.3) is 0 Å². The first-order chi connectivity index (χ1) is 13.9. The highest BCUT2D eigenvalue weighted by atomic mass is 16.5. The molecule has 1 saturated heterocycles. The van der Waals surface area contributed by atoms with Crippen LogP contribution in [0.1, 0.15) is 49.3 Å². The summed E-state index contributed by atoms with van der Waals surface area (Å²) in [7, 11) is 0. The van der Waals surface area contributed by atoms with Crippen LogP contribution < -0.4 is 0 Å². The number of ether oxygens (including phenoxy) is 1. The van der Waals surface area contributed by atoms with Crippen molar-refractivity contribution in [3.8, 4) is 0 Å². The lowest BCUT2D eigenvalue weighted by Gasteiger charge is -2.34. The number of likely N-dealkylation sites (tertiary alicyclic amines) is 1. The van der Waals surface area contributed by atoms with Crippen LogP contribution in [0.4, 0.5) is 0 Å². The molecule has 0 aliphatic carbocycles. The molecule has 0 aromatic heterocycles. The zero-order valence-electron chi connectivity index (χ0n) is 16.4. The van der Waals surface area contributed by atoms with Crippen molar-refractivity contribution in [3.63, 3.8) is 0 Å². The van der Waals surface area contributed by atoms with Crippen molar-refractivity contribution in [2.75, 3.05) is 19.6 Å². The zero-order valence-corrected chi connectivity index (χ0v) is 16.4. The summed E-state index contributed by atoms with van der Waals surface area (Å²) >= 11 is 0. The molecule has 0 amide bonds. The predicted molar refractivity (Wildman–Crippen MR) is 115 cm³/mol. The molecule has 2 heterocycles. The molecule has 4 nitrogen and oxygen atoms in total. The minimum atomic E-state index is 0.0133. The van der Waals surface area contributed by atoms with Gasteiger partial charge in [0.25, 0.3) is 0 Å². The van der Waals surface area contributed by atoms with E-state index >= 15 is 0 Å². The molecule has 28 heavy (non-hydrogen) atoms. The molecule has 4 rings (SSSR count). The van der Waals surface area contributed by atoms with Gasteiger partial charge < -0.3 is 9.64 Å². The summed E-state index contributed by atoms with van der Waals surface area (Å²) in [4.78, 5) is 2.57. The quantitative estimate of drug-likeness (QED) is 0.660. The van der Waals surface area contributed by atoms with Gasteiger partial charge in [-0.05, 0) is 43.4 Å². The maximum absolute atomic E-state index is 6.64. The molecule has 2 aromatic rings. The van der Waals surface area contributed by atoms with Gasteiger partial charge in [0.1, 0.15) is 6.10 Å². The van der Waals surface area contributed by atoms with Gasteiger partial charge in [0.2, 0.25) is 0 Å². The van der Waals surface area contributed by atoms with E-state index in [0.29, 0.717) is 6.10 Å². The van der Waals surface area contributed by atoms with E-state index in [0.717, 1.165) is 45.3 Å². The minimum absolute atomic E-state index is 0.0133.